The Morgan fingerprint density at radius 3 is 2.85 bits per heavy atom. The summed E-state index contributed by atoms with van der Waals surface area (Å²) in [4.78, 5) is 10.1. The first-order valence-electron chi connectivity index (χ1n) is 6.45. The molecule has 110 valence electrons. The zero-order chi connectivity index (χ0) is 14.5. The minimum Gasteiger partial charge on any atom is -0.490 e. The molecule has 0 unspecified atom stereocenters. The summed E-state index contributed by atoms with van der Waals surface area (Å²) in [5, 5.41) is 13.6. The lowest BCUT2D eigenvalue weighted by atomic mass is 10.2. The van der Waals surface area contributed by atoms with Crippen molar-refractivity contribution in [3.05, 3.63) is 28.1 Å². The average molecular weight is 284 g/mol. The standard InChI is InChI=1S/C13H17FN2O4/c1-19-13-7-11(10(14)6-12(13)16(17)18)15-4-5-20-8-9-2-3-9/h6-7,9,15H,2-5,8H2,1H3. The highest BCUT2D eigenvalue weighted by Crippen LogP contribution is 2.32. The number of hydrogen-bond donors (Lipinski definition) is 1. The summed E-state index contributed by atoms with van der Waals surface area (Å²) >= 11 is 0. The number of hydrogen-bond acceptors (Lipinski definition) is 5. The number of anilines is 1. The zero-order valence-electron chi connectivity index (χ0n) is 11.2. The molecule has 7 heteroatoms. The van der Waals surface area contributed by atoms with E-state index in [9.17, 15) is 14.5 Å². The second-order valence-corrected chi connectivity index (χ2v) is 4.71. The van der Waals surface area contributed by atoms with Crippen molar-refractivity contribution >= 4 is 11.4 Å². The third-order valence-corrected chi connectivity index (χ3v) is 3.08. The fourth-order valence-electron chi connectivity index (χ4n) is 1.78. The van der Waals surface area contributed by atoms with Crippen LogP contribution in [0.25, 0.3) is 0 Å². The van der Waals surface area contributed by atoms with Crippen molar-refractivity contribution in [1.82, 2.24) is 0 Å². The number of nitro benzene ring substituents is 1. The van der Waals surface area contributed by atoms with Gasteiger partial charge in [-0.2, -0.15) is 0 Å². The predicted molar refractivity (Wildman–Crippen MR) is 71.6 cm³/mol. The lowest BCUT2D eigenvalue weighted by Crippen LogP contribution is -2.12. The molecule has 1 aromatic rings. The first-order chi connectivity index (χ1) is 9.61. The minimum atomic E-state index is -0.681. The van der Waals surface area contributed by atoms with E-state index < -0.39 is 10.7 Å². The lowest BCUT2D eigenvalue weighted by Gasteiger charge is -2.10. The van der Waals surface area contributed by atoms with E-state index in [4.69, 9.17) is 9.47 Å². The van der Waals surface area contributed by atoms with Crippen LogP contribution in [-0.2, 0) is 4.74 Å². The van der Waals surface area contributed by atoms with Gasteiger partial charge in [-0.3, -0.25) is 10.1 Å². The van der Waals surface area contributed by atoms with E-state index in [1.165, 1.54) is 26.0 Å². The maximum atomic E-state index is 13.7. The Hall–Kier alpha value is -1.89. The summed E-state index contributed by atoms with van der Waals surface area (Å²) in [6.07, 6.45) is 2.45. The number of halogens is 1. The van der Waals surface area contributed by atoms with E-state index in [0.29, 0.717) is 19.1 Å². The molecule has 0 bridgehead atoms. The van der Waals surface area contributed by atoms with Gasteiger partial charge in [-0.05, 0) is 18.8 Å². The number of nitrogens with one attached hydrogen (secondary N) is 1. The van der Waals surface area contributed by atoms with E-state index >= 15 is 0 Å². The molecule has 1 aromatic carbocycles. The van der Waals surface area contributed by atoms with Crippen LogP contribution in [0.3, 0.4) is 0 Å². The Bertz CT molecular complexity index is 492. The molecule has 0 atom stereocenters. The van der Waals surface area contributed by atoms with Crippen molar-refractivity contribution in [1.29, 1.82) is 0 Å². The van der Waals surface area contributed by atoms with Crippen molar-refractivity contribution < 1.29 is 18.8 Å². The number of ether oxygens (including phenoxy) is 2. The molecule has 0 amide bonds. The number of methoxy groups -OCH3 is 1. The lowest BCUT2D eigenvalue weighted by molar-refractivity contribution is -0.385. The van der Waals surface area contributed by atoms with Crippen molar-refractivity contribution in [3.8, 4) is 5.75 Å². The number of nitrogens with zero attached hydrogens (tertiary/aromatic N) is 1. The van der Waals surface area contributed by atoms with Crippen LogP contribution < -0.4 is 10.1 Å². The van der Waals surface area contributed by atoms with Gasteiger partial charge < -0.3 is 14.8 Å². The number of nitro groups is 1. The Morgan fingerprint density at radius 1 is 1.50 bits per heavy atom. The molecule has 0 aliphatic heterocycles. The summed E-state index contributed by atoms with van der Waals surface area (Å²) in [6, 6.07) is 2.14. The fraction of sp³-hybridized carbons (Fsp3) is 0.538. The predicted octanol–water partition coefficient (Wildman–Crippen LogP) is 2.58. The summed E-state index contributed by atoms with van der Waals surface area (Å²) in [6.45, 7) is 1.65. The molecular formula is C13H17FN2O4. The van der Waals surface area contributed by atoms with E-state index in [1.54, 1.807) is 0 Å². The highest BCUT2D eigenvalue weighted by molar-refractivity contribution is 5.59. The Labute approximate surface area is 116 Å². The zero-order valence-corrected chi connectivity index (χ0v) is 11.2. The van der Waals surface area contributed by atoms with Gasteiger partial charge in [-0.15, -0.1) is 0 Å². The molecule has 1 aliphatic rings. The largest absolute Gasteiger partial charge is 0.490 e. The molecule has 0 saturated heterocycles. The van der Waals surface area contributed by atoms with Gasteiger partial charge in [-0.25, -0.2) is 4.39 Å². The van der Waals surface area contributed by atoms with Crippen molar-refractivity contribution in [2.24, 2.45) is 5.92 Å². The fourth-order valence-corrected chi connectivity index (χ4v) is 1.78. The molecule has 0 radical (unpaired) electrons. The van der Waals surface area contributed by atoms with Gasteiger partial charge in [0.25, 0.3) is 0 Å². The van der Waals surface area contributed by atoms with E-state index in [1.807, 2.05) is 0 Å². The molecule has 1 aliphatic carbocycles. The normalized spacial score (nSPS) is 14.1. The SMILES string of the molecule is COc1cc(NCCOCC2CC2)c(F)cc1[N+](=O)[O-]. The molecular weight excluding hydrogens is 267 g/mol. The minimum absolute atomic E-state index is 0.0257. The molecule has 2 rings (SSSR count). The second-order valence-electron chi connectivity index (χ2n) is 4.71. The van der Waals surface area contributed by atoms with Gasteiger partial charge in [0.1, 0.15) is 0 Å². The highest BCUT2D eigenvalue weighted by Gasteiger charge is 2.21. The van der Waals surface area contributed by atoms with Crippen LogP contribution in [0.5, 0.6) is 5.75 Å². The number of benzene rings is 1. The Kier molecular flexibility index (Phi) is 4.73. The molecule has 1 fully saturated rings. The van der Waals surface area contributed by atoms with Gasteiger partial charge in [0.05, 0.1) is 30.4 Å². The van der Waals surface area contributed by atoms with Crippen LogP contribution in [0.15, 0.2) is 12.1 Å². The van der Waals surface area contributed by atoms with E-state index in [2.05, 4.69) is 5.32 Å². The molecule has 0 spiro atoms. The van der Waals surface area contributed by atoms with Crippen LogP contribution >= 0.6 is 0 Å². The van der Waals surface area contributed by atoms with Crippen molar-refractivity contribution in [3.63, 3.8) is 0 Å². The molecule has 0 heterocycles. The molecule has 0 aromatic heterocycles. The van der Waals surface area contributed by atoms with Crippen molar-refractivity contribution in [2.45, 2.75) is 12.8 Å². The quantitative estimate of drug-likeness (QED) is 0.451. The molecule has 6 nitrogen and oxygen atoms in total. The van der Waals surface area contributed by atoms with E-state index in [-0.39, 0.29) is 17.1 Å². The summed E-state index contributed by atoms with van der Waals surface area (Å²) in [7, 11) is 1.31. The summed E-state index contributed by atoms with van der Waals surface area (Å²) < 4.78 is 24.0. The third-order valence-electron chi connectivity index (χ3n) is 3.08. The summed E-state index contributed by atoms with van der Waals surface area (Å²) in [5.41, 5.74) is -0.219. The van der Waals surface area contributed by atoms with Crippen LogP contribution in [0, 0.1) is 21.8 Å². The van der Waals surface area contributed by atoms with E-state index in [0.717, 1.165) is 12.7 Å². The third kappa shape index (κ3) is 3.80. The average Bonchev–Trinajstić information content (AvgIpc) is 3.23. The van der Waals surface area contributed by atoms with Crippen molar-refractivity contribution in [2.75, 3.05) is 32.2 Å². The maximum absolute atomic E-state index is 13.7. The van der Waals surface area contributed by atoms with Gasteiger partial charge in [-0.1, -0.05) is 0 Å². The Balaban J connectivity index is 1.90. The van der Waals surface area contributed by atoms with Gasteiger partial charge in [0.2, 0.25) is 0 Å². The smallest absolute Gasteiger partial charge is 0.313 e. The summed E-state index contributed by atoms with van der Waals surface area (Å²) in [5.74, 6) is 0.0312. The van der Waals surface area contributed by atoms with Crippen LogP contribution in [0.4, 0.5) is 15.8 Å². The molecule has 1 saturated carbocycles. The Morgan fingerprint density at radius 2 is 2.25 bits per heavy atom. The molecule has 1 N–H and O–H groups in total. The van der Waals surface area contributed by atoms with Gasteiger partial charge in [0.15, 0.2) is 11.6 Å². The first-order valence-corrected chi connectivity index (χ1v) is 6.45. The first kappa shape index (κ1) is 14.5. The maximum Gasteiger partial charge on any atom is 0.313 e. The topological polar surface area (TPSA) is 73.6 Å². The van der Waals surface area contributed by atoms with Crippen LogP contribution in [0.1, 0.15) is 12.8 Å². The highest BCUT2D eigenvalue weighted by atomic mass is 19.1. The molecule has 20 heavy (non-hydrogen) atoms. The number of rotatable bonds is 8. The van der Waals surface area contributed by atoms with Crippen LogP contribution in [0.2, 0.25) is 0 Å². The monoisotopic (exact) mass is 284 g/mol. The van der Waals surface area contributed by atoms with Gasteiger partial charge in [0, 0.05) is 19.2 Å². The van der Waals surface area contributed by atoms with Crippen LogP contribution in [-0.4, -0.2) is 31.8 Å². The van der Waals surface area contributed by atoms with Gasteiger partial charge >= 0.3 is 5.69 Å². The second kappa shape index (κ2) is 6.51.